The molecule has 0 unspecified atom stereocenters. The number of hydrogen-bond donors (Lipinski definition) is 1. The van der Waals surface area contributed by atoms with E-state index < -0.39 is 11.9 Å². The van der Waals surface area contributed by atoms with Crippen LogP contribution in [0.3, 0.4) is 0 Å². The third-order valence-electron chi connectivity index (χ3n) is 4.54. The maximum atomic E-state index is 12.3. The summed E-state index contributed by atoms with van der Waals surface area (Å²) in [6.07, 6.45) is 6.36. The molecule has 1 aliphatic heterocycles. The lowest BCUT2D eigenvalue weighted by molar-refractivity contribution is -0.142. The number of pyridine rings is 1. The molecule has 106 valence electrons. The fourth-order valence-corrected chi connectivity index (χ4v) is 3.10. The summed E-state index contributed by atoms with van der Waals surface area (Å²) in [6, 6.07) is 3.69. The van der Waals surface area contributed by atoms with E-state index >= 15 is 0 Å². The molecule has 1 N–H and O–H groups in total. The Morgan fingerprint density at radius 2 is 1.90 bits per heavy atom. The van der Waals surface area contributed by atoms with Gasteiger partial charge in [-0.2, -0.15) is 0 Å². The summed E-state index contributed by atoms with van der Waals surface area (Å²) in [5.41, 5.74) is 0.955. The topological polar surface area (TPSA) is 70.5 Å². The average Bonchev–Trinajstić information content (AvgIpc) is 2.83. The summed E-state index contributed by atoms with van der Waals surface area (Å²) in [6.45, 7) is 0.841. The van der Waals surface area contributed by atoms with Crippen LogP contribution in [-0.2, 0) is 9.59 Å². The van der Waals surface area contributed by atoms with Crippen molar-refractivity contribution in [3.63, 3.8) is 0 Å². The number of likely N-dealkylation sites (tertiary alicyclic amines) is 1. The number of carbonyl (C=O) groups is 2. The average molecular weight is 274 g/mol. The van der Waals surface area contributed by atoms with Crippen LogP contribution in [0.5, 0.6) is 0 Å². The van der Waals surface area contributed by atoms with Crippen molar-refractivity contribution in [2.24, 2.45) is 11.8 Å². The molecular weight excluding hydrogens is 256 g/mol. The van der Waals surface area contributed by atoms with E-state index in [4.69, 9.17) is 0 Å². The summed E-state index contributed by atoms with van der Waals surface area (Å²) in [5.74, 6) is -1.20. The molecule has 0 aromatic carbocycles. The zero-order valence-electron chi connectivity index (χ0n) is 11.2. The standard InChI is InChI=1S/C15H18N2O3/c18-14(11-2-1-3-11)17-8-12(13(9-17)15(19)20)10-4-6-16-7-5-10/h4-7,11-13H,1-3,8-9H2,(H,19,20)/t12-,13+/m0/s1. The Bertz CT molecular complexity index is 513. The van der Waals surface area contributed by atoms with E-state index in [1.807, 2.05) is 12.1 Å². The first kappa shape index (κ1) is 13.1. The summed E-state index contributed by atoms with van der Waals surface area (Å²) in [4.78, 5) is 29.5. The van der Waals surface area contributed by atoms with Crippen LogP contribution in [0.1, 0.15) is 30.7 Å². The predicted octanol–water partition coefficient (Wildman–Crippen LogP) is 1.51. The molecule has 2 atom stereocenters. The maximum Gasteiger partial charge on any atom is 0.308 e. The molecule has 5 nitrogen and oxygen atoms in total. The SMILES string of the molecule is O=C(O)[C@@H]1CN(C(=O)C2CCC2)C[C@H]1c1ccncc1. The number of aromatic nitrogens is 1. The molecule has 3 rings (SSSR count). The molecule has 1 aromatic heterocycles. The Morgan fingerprint density at radius 3 is 2.45 bits per heavy atom. The van der Waals surface area contributed by atoms with E-state index in [9.17, 15) is 14.7 Å². The molecule has 20 heavy (non-hydrogen) atoms. The molecule has 1 aromatic rings. The van der Waals surface area contributed by atoms with Gasteiger partial charge < -0.3 is 10.0 Å². The van der Waals surface area contributed by atoms with Crippen molar-refractivity contribution in [3.05, 3.63) is 30.1 Å². The van der Waals surface area contributed by atoms with Crippen LogP contribution in [0.25, 0.3) is 0 Å². The van der Waals surface area contributed by atoms with Crippen LogP contribution < -0.4 is 0 Å². The van der Waals surface area contributed by atoms with Crippen molar-refractivity contribution < 1.29 is 14.7 Å². The van der Waals surface area contributed by atoms with Gasteiger partial charge in [-0.1, -0.05) is 6.42 Å². The van der Waals surface area contributed by atoms with Crippen LogP contribution in [-0.4, -0.2) is 40.0 Å². The van der Waals surface area contributed by atoms with Gasteiger partial charge in [-0.25, -0.2) is 0 Å². The molecule has 1 saturated carbocycles. The van der Waals surface area contributed by atoms with E-state index in [2.05, 4.69) is 4.98 Å². The Morgan fingerprint density at radius 1 is 1.20 bits per heavy atom. The van der Waals surface area contributed by atoms with E-state index in [0.717, 1.165) is 24.8 Å². The van der Waals surface area contributed by atoms with Gasteiger partial charge in [-0.15, -0.1) is 0 Å². The Balaban J connectivity index is 1.79. The minimum atomic E-state index is -0.823. The monoisotopic (exact) mass is 274 g/mol. The second-order valence-electron chi connectivity index (χ2n) is 5.70. The van der Waals surface area contributed by atoms with Gasteiger partial charge in [-0.05, 0) is 30.5 Å². The molecule has 0 radical (unpaired) electrons. The third-order valence-corrected chi connectivity index (χ3v) is 4.54. The van der Waals surface area contributed by atoms with Crippen molar-refractivity contribution >= 4 is 11.9 Å². The van der Waals surface area contributed by atoms with Gasteiger partial charge in [-0.3, -0.25) is 14.6 Å². The van der Waals surface area contributed by atoms with Crippen molar-refractivity contribution in [1.82, 2.24) is 9.88 Å². The van der Waals surface area contributed by atoms with Crippen molar-refractivity contribution in [3.8, 4) is 0 Å². The highest BCUT2D eigenvalue weighted by Gasteiger charge is 2.42. The fourth-order valence-electron chi connectivity index (χ4n) is 3.10. The highest BCUT2D eigenvalue weighted by molar-refractivity contribution is 5.82. The molecular formula is C15H18N2O3. The molecule has 0 spiro atoms. The highest BCUT2D eigenvalue weighted by Crippen LogP contribution is 2.36. The van der Waals surface area contributed by atoms with Gasteiger partial charge in [0.05, 0.1) is 5.92 Å². The lowest BCUT2D eigenvalue weighted by atomic mass is 9.84. The maximum absolute atomic E-state index is 12.3. The van der Waals surface area contributed by atoms with Gasteiger partial charge in [0.15, 0.2) is 0 Å². The van der Waals surface area contributed by atoms with Gasteiger partial charge in [0.2, 0.25) is 5.91 Å². The van der Waals surface area contributed by atoms with Crippen LogP contribution >= 0.6 is 0 Å². The van der Waals surface area contributed by atoms with Crippen LogP contribution in [0, 0.1) is 11.8 Å². The summed E-state index contributed by atoms with van der Waals surface area (Å²) < 4.78 is 0. The number of hydrogen-bond acceptors (Lipinski definition) is 3. The molecule has 1 saturated heterocycles. The number of rotatable bonds is 3. The molecule has 5 heteroatoms. The van der Waals surface area contributed by atoms with Gasteiger partial charge in [0.1, 0.15) is 0 Å². The summed E-state index contributed by atoms with van der Waals surface area (Å²) in [5, 5.41) is 9.40. The van der Waals surface area contributed by atoms with Gasteiger partial charge >= 0.3 is 5.97 Å². The largest absolute Gasteiger partial charge is 0.481 e. The van der Waals surface area contributed by atoms with Crippen LogP contribution in [0.15, 0.2) is 24.5 Å². The minimum absolute atomic E-state index is 0.125. The number of carboxylic acids is 1. The lowest BCUT2D eigenvalue weighted by Crippen LogP contribution is -2.37. The van der Waals surface area contributed by atoms with E-state index in [1.54, 1.807) is 17.3 Å². The summed E-state index contributed by atoms with van der Waals surface area (Å²) >= 11 is 0. The third kappa shape index (κ3) is 2.28. The van der Waals surface area contributed by atoms with E-state index in [1.165, 1.54) is 0 Å². The fraction of sp³-hybridized carbons (Fsp3) is 0.533. The van der Waals surface area contributed by atoms with Crippen LogP contribution in [0.4, 0.5) is 0 Å². The first-order chi connectivity index (χ1) is 9.66. The Hall–Kier alpha value is -1.91. The zero-order chi connectivity index (χ0) is 14.1. The van der Waals surface area contributed by atoms with Crippen LogP contribution in [0.2, 0.25) is 0 Å². The molecule has 2 fully saturated rings. The normalized spacial score (nSPS) is 26.3. The highest BCUT2D eigenvalue weighted by atomic mass is 16.4. The Kier molecular flexibility index (Phi) is 3.42. The number of aliphatic carboxylic acids is 1. The number of carbonyl (C=O) groups excluding carboxylic acids is 1. The van der Waals surface area contributed by atoms with E-state index in [0.29, 0.717) is 13.1 Å². The zero-order valence-corrected chi connectivity index (χ0v) is 11.2. The van der Waals surface area contributed by atoms with Gasteiger partial charge in [0, 0.05) is 37.3 Å². The first-order valence-electron chi connectivity index (χ1n) is 7.08. The molecule has 1 amide bonds. The quantitative estimate of drug-likeness (QED) is 0.907. The first-order valence-corrected chi connectivity index (χ1v) is 7.08. The Labute approximate surface area is 117 Å². The van der Waals surface area contributed by atoms with Crippen molar-refractivity contribution in [1.29, 1.82) is 0 Å². The minimum Gasteiger partial charge on any atom is -0.481 e. The number of amides is 1. The molecule has 2 heterocycles. The molecule has 2 aliphatic rings. The number of carboxylic acid groups (broad SMARTS) is 1. The predicted molar refractivity (Wildman–Crippen MR) is 72.0 cm³/mol. The smallest absolute Gasteiger partial charge is 0.308 e. The van der Waals surface area contributed by atoms with Crippen molar-refractivity contribution in [2.75, 3.05) is 13.1 Å². The van der Waals surface area contributed by atoms with Gasteiger partial charge in [0.25, 0.3) is 0 Å². The second kappa shape index (κ2) is 5.23. The second-order valence-corrected chi connectivity index (χ2v) is 5.70. The number of nitrogens with zero attached hydrogens (tertiary/aromatic N) is 2. The molecule has 1 aliphatic carbocycles. The molecule has 0 bridgehead atoms. The van der Waals surface area contributed by atoms with E-state index in [-0.39, 0.29) is 17.7 Å². The summed E-state index contributed by atoms with van der Waals surface area (Å²) in [7, 11) is 0. The van der Waals surface area contributed by atoms with Crippen molar-refractivity contribution in [2.45, 2.75) is 25.2 Å². The lowest BCUT2D eigenvalue weighted by Gasteiger charge is -2.29.